The van der Waals surface area contributed by atoms with Gasteiger partial charge in [-0.05, 0) is 79.8 Å². The van der Waals surface area contributed by atoms with Gasteiger partial charge in [-0.1, -0.05) is 48.0 Å². The lowest BCUT2D eigenvalue weighted by Crippen LogP contribution is -2.08. The molecule has 0 amide bonds. The minimum absolute atomic E-state index is 0.163. The first-order valence-corrected chi connectivity index (χ1v) is 11.0. The summed E-state index contributed by atoms with van der Waals surface area (Å²) in [5.74, 6) is 0. The fourth-order valence-electron chi connectivity index (χ4n) is 3.81. The van der Waals surface area contributed by atoms with Crippen molar-refractivity contribution in [2.24, 2.45) is 0 Å². The number of nitrogens with zero attached hydrogens (tertiary/aromatic N) is 2. The smallest absolute Gasteiger partial charge is 0.258 e. The molecule has 0 saturated carbocycles. The van der Waals surface area contributed by atoms with E-state index in [2.05, 4.69) is 0 Å². The van der Waals surface area contributed by atoms with Crippen molar-refractivity contribution < 1.29 is 13.2 Å². The van der Waals surface area contributed by atoms with Crippen molar-refractivity contribution in [3.63, 3.8) is 0 Å². The second-order valence-corrected chi connectivity index (χ2v) is 8.84. The van der Waals surface area contributed by atoms with Crippen LogP contribution in [0.4, 0.5) is 13.2 Å². The fraction of sp³-hybridized carbons (Fsp3) is 0.222. The Morgan fingerprint density at radius 3 is 2.00 bits per heavy atom. The first-order valence-electron chi connectivity index (χ1n) is 10.6. The van der Waals surface area contributed by atoms with Crippen LogP contribution in [-0.4, -0.2) is 9.78 Å². The molecule has 6 heteroatoms. The number of halogens is 4. The molecule has 0 atom stereocenters. The predicted octanol–water partition coefficient (Wildman–Crippen LogP) is 8.17. The van der Waals surface area contributed by atoms with E-state index in [1.54, 1.807) is 10.7 Å². The highest BCUT2D eigenvalue weighted by Crippen LogP contribution is 2.38. The summed E-state index contributed by atoms with van der Waals surface area (Å²) in [6, 6.07) is 17.4. The van der Waals surface area contributed by atoms with Gasteiger partial charge < -0.3 is 0 Å². The van der Waals surface area contributed by atoms with Crippen LogP contribution in [0.5, 0.6) is 0 Å². The van der Waals surface area contributed by atoms with E-state index < -0.39 is 11.7 Å². The van der Waals surface area contributed by atoms with E-state index in [-0.39, 0.29) is 6.54 Å². The molecule has 0 saturated heterocycles. The fourth-order valence-corrected chi connectivity index (χ4v) is 4.16. The molecule has 33 heavy (non-hydrogen) atoms. The molecular formula is C27H24ClF3N2. The number of aryl methyl sites for hydroxylation is 4. The lowest BCUT2D eigenvalue weighted by molar-refractivity contribution is -0.137. The number of benzene rings is 3. The molecule has 0 fully saturated rings. The van der Waals surface area contributed by atoms with Crippen molar-refractivity contribution in [1.82, 2.24) is 9.78 Å². The summed E-state index contributed by atoms with van der Waals surface area (Å²) in [6.07, 6.45) is -4.40. The lowest BCUT2D eigenvalue weighted by atomic mass is 10.0. The van der Waals surface area contributed by atoms with Crippen LogP contribution in [0.15, 0.2) is 60.7 Å². The second-order valence-electron chi connectivity index (χ2n) is 8.47. The summed E-state index contributed by atoms with van der Waals surface area (Å²) >= 11 is 6.89. The minimum Gasteiger partial charge on any atom is -0.258 e. The molecule has 1 heterocycles. The van der Waals surface area contributed by atoms with Crippen LogP contribution in [0, 0.1) is 27.7 Å². The van der Waals surface area contributed by atoms with Gasteiger partial charge in [0.15, 0.2) is 0 Å². The largest absolute Gasteiger partial charge is 0.416 e. The third kappa shape index (κ3) is 4.69. The average Bonchev–Trinajstić information content (AvgIpc) is 3.07. The van der Waals surface area contributed by atoms with Crippen molar-refractivity contribution >= 4 is 11.6 Å². The van der Waals surface area contributed by atoms with E-state index in [1.165, 1.54) is 6.07 Å². The Morgan fingerprint density at radius 2 is 1.39 bits per heavy atom. The molecule has 4 aromatic rings. The molecule has 0 spiro atoms. The van der Waals surface area contributed by atoms with Crippen LogP contribution in [0.1, 0.15) is 33.4 Å². The minimum atomic E-state index is -4.40. The molecule has 3 aromatic carbocycles. The Morgan fingerprint density at radius 1 is 0.788 bits per heavy atom. The van der Waals surface area contributed by atoms with Gasteiger partial charge in [0.25, 0.3) is 0 Å². The molecule has 2 nitrogen and oxygen atoms in total. The zero-order valence-electron chi connectivity index (χ0n) is 18.9. The average molecular weight is 469 g/mol. The third-order valence-corrected chi connectivity index (χ3v) is 6.40. The van der Waals surface area contributed by atoms with Gasteiger partial charge in [0.1, 0.15) is 5.69 Å². The number of aromatic nitrogens is 2. The summed E-state index contributed by atoms with van der Waals surface area (Å²) in [7, 11) is 0. The topological polar surface area (TPSA) is 17.8 Å². The molecule has 170 valence electrons. The molecule has 0 N–H and O–H groups in total. The summed E-state index contributed by atoms with van der Waals surface area (Å²) in [5.41, 5.74) is 7.38. The molecule has 0 bridgehead atoms. The van der Waals surface area contributed by atoms with Crippen LogP contribution in [0.25, 0.3) is 22.5 Å². The van der Waals surface area contributed by atoms with E-state index in [9.17, 15) is 13.2 Å². The van der Waals surface area contributed by atoms with Crippen LogP contribution >= 0.6 is 11.6 Å². The normalized spacial score (nSPS) is 11.8. The van der Waals surface area contributed by atoms with Gasteiger partial charge in [0.05, 0.1) is 22.8 Å². The molecule has 4 rings (SSSR count). The Bertz CT molecular complexity index is 1340. The number of hydrogen-bond acceptors (Lipinski definition) is 1. The SMILES string of the molecule is Cc1ccc(-c2nn(Cc3cccc(C(F)(F)F)c3)c(-c3ccc(C)c(C)c3)c2Cl)cc1C. The first-order chi connectivity index (χ1) is 15.5. The Hall–Kier alpha value is -3.05. The Balaban J connectivity index is 1.88. The van der Waals surface area contributed by atoms with E-state index in [4.69, 9.17) is 16.7 Å². The summed E-state index contributed by atoms with van der Waals surface area (Å²) in [4.78, 5) is 0. The van der Waals surface area contributed by atoms with E-state index in [0.717, 1.165) is 45.5 Å². The van der Waals surface area contributed by atoms with Crippen molar-refractivity contribution in [3.8, 4) is 22.5 Å². The highest BCUT2D eigenvalue weighted by molar-refractivity contribution is 6.35. The molecule has 0 aliphatic heterocycles. The van der Waals surface area contributed by atoms with Crippen molar-refractivity contribution in [2.45, 2.75) is 40.4 Å². The van der Waals surface area contributed by atoms with Crippen molar-refractivity contribution in [3.05, 3.63) is 99.1 Å². The highest BCUT2D eigenvalue weighted by atomic mass is 35.5. The summed E-state index contributed by atoms with van der Waals surface area (Å²) < 4.78 is 41.4. The Labute approximate surface area is 196 Å². The van der Waals surface area contributed by atoms with Crippen molar-refractivity contribution in [1.29, 1.82) is 0 Å². The van der Waals surface area contributed by atoms with Gasteiger partial charge in [-0.15, -0.1) is 0 Å². The standard InChI is InChI=1S/C27H24ClF3N2/c1-16-8-10-21(12-18(16)3)25-24(28)26(22-11-9-17(2)19(4)13-22)33(32-25)15-20-6-5-7-23(14-20)27(29,30)31/h5-14H,15H2,1-4H3. The van der Waals surface area contributed by atoms with Gasteiger partial charge in [0, 0.05) is 11.1 Å². The zero-order valence-corrected chi connectivity index (χ0v) is 19.6. The molecule has 0 radical (unpaired) electrons. The van der Waals surface area contributed by atoms with Crippen LogP contribution in [-0.2, 0) is 12.7 Å². The Kier molecular flexibility index (Phi) is 6.10. The number of alkyl halides is 3. The van der Waals surface area contributed by atoms with Gasteiger partial charge in [-0.3, -0.25) is 4.68 Å². The van der Waals surface area contributed by atoms with Gasteiger partial charge >= 0.3 is 6.18 Å². The van der Waals surface area contributed by atoms with Gasteiger partial charge in [0.2, 0.25) is 0 Å². The van der Waals surface area contributed by atoms with Crippen LogP contribution in [0.2, 0.25) is 5.02 Å². The molecular weight excluding hydrogens is 445 g/mol. The molecule has 0 unspecified atom stereocenters. The van der Waals surface area contributed by atoms with Crippen LogP contribution < -0.4 is 0 Å². The van der Waals surface area contributed by atoms with E-state index in [0.29, 0.717) is 22.0 Å². The maximum atomic E-state index is 13.2. The zero-order chi connectivity index (χ0) is 23.9. The molecule has 1 aromatic heterocycles. The lowest BCUT2D eigenvalue weighted by Gasteiger charge is -2.12. The quantitative estimate of drug-likeness (QED) is 0.295. The van der Waals surface area contributed by atoms with Gasteiger partial charge in [-0.25, -0.2) is 0 Å². The van der Waals surface area contributed by atoms with Crippen LogP contribution in [0.3, 0.4) is 0 Å². The maximum absolute atomic E-state index is 13.2. The number of rotatable bonds is 4. The van der Waals surface area contributed by atoms with Crippen molar-refractivity contribution in [2.75, 3.05) is 0 Å². The number of hydrogen-bond donors (Lipinski definition) is 0. The maximum Gasteiger partial charge on any atom is 0.416 e. The third-order valence-electron chi connectivity index (χ3n) is 6.04. The first kappa shape index (κ1) is 23.1. The van der Waals surface area contributed by atoms with Gasteiger partial charge in [-0.2, -0.15) is 18.3 Å². The second kappa shape index (κ2) is 8.71. The monoisotopic (exact) mass is 468 g/mol. The molecule has 0 aliphatic carbocycles. The van der Waals surface area contributed by atoms with E-state index in [1.807, 2.05) is 64.1 Å². The molecule has 0 aliphatic rings. The van der Waals surface area contributed by atoms with E-state index >= 15 is 0 Å². The predicted molar refractivity (Wildman–Crippen MR) is 128 cm³/mol. The summed E-state index contributed by atoms with van der Waals surface area (Å²) in [6.45, 7) is 8.27. The summed E-state index contributed by atoms with van der Waals surface area (Å²) in [5, 5.41) is 5.25. The highest BCUT2D eigenvalue weighted by Gasteiger charge is 2.30.